The summed E-state index contributed by atoms with van der Waals surface area (Å²) >= 11 is 0. The van der Waals surface area contributed by atoms with Crippen molar-refractivity contribution in [2.24, 2.45) is 0 Å². The van der Waals surface area contributed by atoms with E-state index in [0.717, 1.165) is 17.6 Å². The summed E-state index contributed by atoms with van der Waals surface area (Å²) in [4.78, 5) is 0. The van der Waals surface area contributed by atoms with Gasteiger partial charge in [0, 0.05) is 30.4 Å². The summed E-state index contributed by atoms with van der Waals surface area (Å²) in [6.07, 6.45) is 0. The third kappa shape index (κ3) is 1.59. The molecule has 0 radical (unpaired) electrons. The van der Waals surface area contributed by atoms with Gasteiger partial charge in [-0.05, 0) is 25.1 Å². The van der Waals surface area contributed by atoms with E-state index in [1.165, 1.54) is 11.2 Å². The molecule has 80 valence electrons. The van der Waals surface area contributed by atoms with E-state index in [1.807, 2.05) is 12.1 Å². The van der Waals surface area contributed by atoms with E-state index < -0.39 is 0 Å². The van der Waals surface area contributed by atoms with E-state index in [2.05, 4.69) is 23.6 Å². The molecule has 15 heavy (non-hydrogen) atoms. The lowest BCUT2D eigenvalue weighted by Crippen LogP contribution is -2.01. The van der Waals surface area contributed by atoms with Gasteiger partial charge in [0.2, 0.25) is 0 Å². The second-order valence-electron chi connectivity index (χ2n) is 3.59. The fraction of sp³-hybridized carbons (Fsp3) is 0.333. The van der Waals surface area contributed by atoms with Gasteiger partial charge in [-0.2, -0.15) is 0 Å². The van der Waals surface area contributed by atoms with Crippen molar-refractivity contribution in [3.8, 4) is 0 Å². The van der Waals surface area contributed by atoms with Crippen LogP contribution >= 0.6 is 0 Å². The second kappa shape index (κ2) is 3.95. The topological polar surface area (TPSA) is 40.2 Å². The van der Waals surface area contributed by atoms with E-state index in [9.17, 15) is 0 Å². The average Bonchev–Trinajstić information content (AvgIpc) is 2.58. The van der Waals surface area contributed by atoms with Crippen molar-refractivity contribution < 1.29 is 4.74 Å². The van der Waals surface area contributed by atoms with Crippen molar-refractivity contribution in [3.63, 3.8) is 0 Å². The van der Waals surface area contributed by atoms with Crippen LogP contribution in [-0.4, -0.2) is 11.7 Å². The Bertz CT molecular complexity index is 474. The van der Waals surface area contributed by atoms with Gasteiger partial charge in [-0.3, -0.25) is 0 Å². The van der Waals surface area contributed by atoms with Crippen LogP contribution in [0.5, 0.6) is 0 Å². The number of nitrogens with two attached hydrogens (primary N) is 1. The number of rotatable bonds is 3. The number of benzene rings is 1. The molecular weight excluding hydrogens is 188 g/mol. The first-order valence-corrected chi connectivity index (χ1v) is 5.13. The van der Waals surface area contributed by atoms with Gasteiger partial charge in [-0.1, -0.05) is 6.07 Å². The zero-order valence-electron chi connectivity index (χ0n) is 9.16. The Morgan fingerprint density at radius 3 is 2.87 bits per heavy atom. The van der Waals surface area contributed by atoms with Crippen molar-refractivity contribution in [1.82, 2.24) is 4.57 Å². The van der Waals surface area contributed by atoms with Gasteiger partial charge in [-0.15, -0.1) is 0 Å². The predicted molar refractivity (Wildman–Crippen MR) is 62.7 cm³/mol. The fourth-order valence-electron chi connectivity index (χ4n) is 2.00. The maximum atomic E-state index is 5.94. The van der Waals surface area contributed by atoms with Crippen molar-refractivity contribution >= 4 is 16.6 Å². The molecule has 0 saturated heterocycles. The monoisotopic (exact) mass is 204 g/mol. The number of nitrogen functional groups attached to an aromatic ring is 1. The van der Waals surface area contributed by atoms with Crippen molar-refractivity contribution in [2.75, 3.05) is 12.8 Å². The predicted octanol–water partition coefficient (Wildman–Crippen LogP) is 2.39. The molecule has 1 aromatic carbocycles. The summed E-state index contributed by atoms with van der Waals surface area (Å²) in [5.41, 5.74) is 9.12. The number of methoxy groups -OCH3 is 1. The third-order valence-electron chi connectivity index (χ3n) is 2.67. The maximum Gasteiger partial charge on any atom is 0.0864 e. The lowest BCUT2D eigenvalue weighted by atomic mass is 10.2. The van der Waals surface area contributed by atoms with Crippen LogP contribution in [0.4, 0.5) is 5.69 Å². The van der Waals surface area contributed by atoms with Gasteiger partial charge in [0.25, 0.3) is 0 Å². The summed E-state index contributed by atoms with van der Waals surface area (Å²) in [5, 5.41) is 1.12. The minimum atomic E-state index is 0.627. The largest absolute Gasteiger partial charge is 0.398 e. The number of aromatic nitrogens is 1. The highest BCUT2D eigenvalue weighted by atomic mass is 16.5. The lowest BCUT2D eigenvalue weighted by molar-refractivity contribution is 0.178. The molecule has 0 aliphatic carbocycles. The van der Waals surface area contributed by atoms with Gasteiger partial charge < -0.3 is 15.0 Å². The number of anilines is 1. The van der Waals surface area contributed by atoms with Crippen LogP contribution in [0, 0.1) is 0 Å². The molecule has 0 aliphatic rings. The van der Waals surface area contributed by atoms with Crippen LogP contribution in [0.1, 0.15) is 12.6 Å². The van der Waals surface area contributed by atoms with Crippen LogP contribution in [-0.2, 0) is 17.9 Å². The van der Waals surface area contributed by atoms with Gasteiger partial charge >= 0.3 is 0 Å². The van der Waals surface area contributed by atoms with Crippen LogP contribution in [0.2, 0.25) is 0 Å². The number of hydrogen-bond donors (Lipinski definition) is 1. The third-order valence-corrected chi connectivity index (χ3v) is 2.67. The van der Waals surface area contributed by atoms with Crippen LogP contribution in [0.3, 0.4) is 0 Å². The zero-order chi connectivity index (χ0) is 10.8. The molecule has 0 amide bonds. The Labute approximate surface area is 89.4 Å². The summed E-state index contributed by atoms with van der Waals surface area (Å²) in [6.45, 7) is 3.69. The van der Waals surface area contributed by atoms with Gasteiger partial charge in [-0.25, -0.2) is 0 Å². The Hall–Kier alpha value is -1.48. The van der Waals surface area contributed by atoms with E-state index in [0.29, 0.717) is 6.61 Å². The van der Waals surface area contributed by atoms with Crippen LogP contribution in [0.25, 0.3) is 10.9 Å². The summed E-state index contributed by atoms with van der Waals surface area (Å²) < 4.78 is 7.41. The van der Waals surface area contributed by atoms with E-state index in [-0.39, 0.29) is 0 Å². The Kier molecular flexibility index (Phi) is 2.64. The highest BCUT2D eigenvalue weighted by Gasteiger charge is 2.08. The number of nitrogens with zero attached hydrogens (tertiary/aromatic N) is 1. The lowest BCUT2D eigenvalue weighted by Gasteiger charge is -2.06. The molecule has 2 N–H and O–H groups in total. The summed E-state index contributed by atoms with van der Waals surface area (Å²) in [7, 11) is 1.71. The van der Waals surface area contributed by atoms with Crippen molar-refractivity contribution in [3.05, 3.63) is 30.0 Å². The first kappa shape index (κ1) is 10.1. The summed E-state index contributed by atoms with van der Waals surface area (Å²) in [6, 6.07) is 8.12. The highest BCUT2D eigenvalue weighted by molar-refractivity contribution is 5.92. The Morgan fingerprint density at radius 2 is 2.20 bits per heavy atom. The smallest absolute Gasteiger partial charge is 0.0864 e. The number of aryl methyl sites for hydroxylation is 1. The fourth-order valence-corrected chi connectivity index (χ4v) is 2.00. The Morgan fingerprint density at radius 1 is 1.40 bits per heavy atom. The zero-order valence-corrected chi connectivity index (χ0v) is 9.16. The van der Waals surface area contributed by atoms with E-state index in [1.54, 1.807) is 7.11 Å². The van der Waals surface area contributed by atoms with Crippen molar-refractivity contribution in [1.29, 1.82) is 0 Å². The van der Waals surface area contributed by atoms with Crippen LogP contribution in [0.15, 0.2) is 24.3 Å². The molecule has 3 nitrogen and oxygen atoms in total. The van der Waals surface area contributed by atoms with E-state index in [4.69, 9.17) is 10.5 Å². The van der Waals surface area contributed by atoms with Crippen LogP contribution < -0.4 is 5.73 Å². The molecule has 1 aromatic heterocycles. The molecule has 0 atom stereocenters. The highest BCUT2D eigenvalue weighted by Crippen LogP contribution is 2.25. The first-order chi connectivity index (χ1) is 7.27. The molecule has 0 spiro atoms. The van der Waals surface area contributed by atoms with Gasteiger partial charge in [0.15, 0.2) is 0 Å². The minimum absolute atomic E-state index is 0.627. The minimum Gasteiger partial charge on any atom is -0.398 e. The number of hydrogen-bond acceptors (Lipinski definition) is 2. The summed E-state index contributed by atoms with van der Waals surface area (Å²) in [5.74, 6) is 0. The molecule has 0 fully saturated rings. The van der Waals surface area contributed by atoms with E-state index >= 15 is 0 Å². The van der Waals surface area contributed by atoms with Crippen molar-refractivity contribution in [2.45, 2.75) is 20.1 Å². The molecule has 0 bridgehead atoms. The molecule has 0 saturated carbocycles. The van der Waals surface area contributed by atoms with Gasteiger partial charge in [0.05, 0.1) is 12.1 Å². The molecule has 3 heteroatoms. The second-order valence-corrected chi connectivity index (χ2v) is 3.59. The molecule has 0 unspecified atom stereocenters. The molecule has 0 aliphatic heterocycles. The Balaban J connectivity index is 2.67. The first-order valence-electron chi connectivity index (χ1n) is 5.13. The molecule has 2 aromatic rings. The maximum absolute atomic E-state index is 5.94. The molecule has 2 rings (SSSR count). The molecule has 1 heterocycles. The number of ether oxygens (including phenoxy) is 1. The standard InChI is InChI=1S/C12H16N2O/c1-3-14-9(8-15-2)7-10-11(13)5-4-6-12(10)14/h4-7H,3,8,13H2,1-2H3. The average molecular weight is 204 g/mol. The molecular formula is C12H16N2O. The quantitative estimate of drug-likeness (QED) is 0.780. The van der Waals surface area contributed by atoms with Gasteiger partial charge in [0.1, 0.15) is 0 Å². The number of fused-ring (bicyclic) bond motifs is 1. The normalized spacial score (nSPS) is 11.1. The SMILES string of the molecule is CCn1c(COC)cc2c(N)cccc21.